The van der Waals surface area contributed by atoms with Crippen LogP contribution in [-0.2, 0) is 16.2 Å². The first-order chi connectivity index (χ1) is 13.2. The number of aliphatic hydroxyl groups is 1. The van der Waals surface area contributed by atoms with E-state index in [1.165, 1.54) is 0 Å². The van der Waals surface area contributed by atoms with Crippen molar-refractivity contribution in [2.45, 2.75) is 23.6 Å². The Bertz CT molecular complexity index is 1080. The average molecular weight is 409 g/mol. The van der Waals surface area contributed by atoms with E-state index in [9.17, 15) is 26.7 Å². The Morgan fingerprint density at radius 2 is 1.64 bits per heavy atom. The molecule has 0 saturated heterocycles. The fourth-order valence-electron chi connectivity index (χ4n) is 2.95. The molecule has 0 saturated carbocycles. The number of nitrogens with one attached hydrogen (secondary N) is 1. The van der Waals surface area contributed by atoms with E-state index in [1.54, 1.807) is 12.1 Å². The van der Waals surface area contributed by atoms with Crippen molar-refractivity contribution in [1.29, 1.82) is 0 Å². The van der Waals surface area contributed by atoms with E-state index in [2.05, 4.69) is 4.72 Å². The van der Waals surface area contributed by atoms with E-state index in [0.29, 0.717) is 11.6 Å². The molecule has 3 aromatic carbocycles. The molecule has 0 bridgehead atoms. The summed E-state index contributed by atoms with van der Waals surface area (Å²) in [6.45, 7) is -0.122. The minimum absolute atomic E-state index is 0.0756. The van der Waals surface area contributed by atoms with Gasteiger partial charge in [0, 0.05) is 6.54 Å². The van der Waals surface area contributed by atoms with E-state index < -0.39 is 32.8 Å². The highest BCUT2D eigenvalue weighted by atomic mass is 32.2. The molecule has 0 aliphatic heterocycles. The van der Waals surface area contributed by atoms with Gasteiger partial charge in [0.05, 0.1) is 16.6 Å². The molecule has 0 amide bonds. The van der Waals surface area contributed by atoms with Crippen molar-refractivity contribution in [1.82, 2.24) is 4.72 Å². The third-order valence-corrected chi connectivity index (χ3v) is 5.82. The van der Waals surface area contributed by atoms with Crippen LogP contribution in [0.25, 0.3) is 10.8 Å². The maximum absolute atomic E-state index is 12.8. The summed E-state index contributed by atoms with van der Waals surface area (Å²) >= 11 is 0. The first-order valence-corrected chi connectivity index (χ1v) is 9.99. The second kappa shape index (κ2) is 7.90. The van der Waals surface area contributed by atoms with Crippen LogP contribution in [0.3, 0.4) is 0 Å². The Morgan fingerprint density at radius 3 is 2.39 bits per heavy atom. The van der Waals surface area contributed by atoms with Gasteiger partial charge in [-0.05, 0) is 41.0 Å². The molecule has 0 spiro atoms. The smallest absolute Gasteiger partial charge is 0.388 e. The molecule has 3 rings (SSSR count). The molecule has 28 heavy (non-hydrogen) atoms. The number of hydrogen-bond acceptors (Lipinski definition) is 3. The van der Waals surface area contributed by atoms with Crippen LogP contribution in [0.5, 0.6) is 0 Å². The summed E-state index contributed by atoms with van der Waals surface area (Å²) in [4.78, 5) is -0.470. The van der Waals surface area contributed by atoms with Crippen LogP contribution in [-0.4, -0.2) is 20.1 Å². The standard InChI is InChI=1S/C20H18F3NO3S/c21-20(22,23)15-7-4-8-16(13-15)28(26,27)24-12-11-19(25)18-10-3-6-14-5-1-2-9-17(14)18/h1-10,13,19,24-25H,11-12H2. The van der Waals surface area contributed by atoms with Crippen molar-refractivity contribution < 1.29 is 26.7 Å². The first-order valence-electron chi connectivity index (χ1n) is 8.51. The Labute approximate surface area is 160 Å². The molecule has 148 valence electrons. The maximum Gasteiger partial charge on any atom is 0.416 e. The predicted molar refractivity (Wildman–Crippen MR) is 100 cm³/mol. The molecular formula is C20H18F3NO3S. The monoisotopic (exact) mass is 409 g/mol. The largest absolute Gasteiger partial charge is 0.416 e. The minimum atomic E-state index is -4.63. The molecule has 2 N–H and O–H groups in total. The zero-order chi connectivity index (χ0) is 20.4. The van der Waals surface area contributed by atoms with Gasteiger partial charge in [0.1, 0.15) is 0 Å². The highest BCUT2D eigenvalue weighted by Crippen LogP contribution is 2.30. The summed E-state index contributed by atoms with van der Waals surface area (Å²) in [5.41, 5.74) is -0.373. The average Bonchev–Trinajstić information content (AvgIpc) is 2.66. The van der Waals surface area contributed by atoms with Crippen LogP contribution in [0, 0.1) is 0 Å². The Balaban J connectivity index is 1.70. The number of rotatable bonds is 6. The van der Waals surface area contributed by atoms with Crippen LogP contribution < -0.4 is 4.72 Å². The van der Waals surface area contributed by atoms with Crippen molar-refractivity contribution in [2.24, 2.45) is 0 Å². The highest BCUT2D eigenvalue weighted by molar-refractivity contribution is 7.89. The number of aliphatic hydroxyl groups excluding tert-OH is 1. The molecule has 0 aliphatic carbocycles. The molecule has 0 heterocycles. The number of hydrogen-bond donors (Lipinski definition) is 2. The van der Waals surface area contributed by atoms with Crippen LogP contribution in [0.15, 0.2) is 71.6 Å². The van der Waals surface area contributed by atoms with E-state index >= 15 is 0 Å². The molecule has 1 unspecified atom stereocenters. The lowest BCUT2D eigenvalue weighted by Crippen LogP contribution is -2.26. The van der Waals surface area contributed by atoms with E-state index in [4.69, 9.17) is 0 Å². The maximum atomic E-state index is 12.8. The van der Waals surface area contributed by atoms with Crippen molar-refractivity contribution in [3.05, 3.63) is 77.9 Å². The molecule has 0 aliphatic rings. The Kier molecular flexibility index (Phi) is 5.74. The van der Waals surface area contributed by atoms with Gasteiger partial charge in [0.25, 0.3) is 0 Å². The molecule has 0 fully saturated rings. The van der Waals surface area contributed by atoms with Crippen molar-refractivity contribution in [3.8, 4) is 0 Å². The van der Waals surface area contributed by atoms with Gasteiger partial charge in [-0.1, -0.05) is 48.5 Å². The lowest BCUT2D eigenvalue weighted by Gasteiger charge is -2.15. The highest BCUT2D eigenvalue weighted by Gasteiger charge is 2.31. The predicted octanol–water partition coefficient (Wildman–Crippen LogP) is 4.26. The van der Waals surface area contributed by atoms with E-state index in [-0.39, 0.29) is 13.0 Å². The third-order valence-electron chi connectivity index (χ3n) is 4.36. The molecular weight excluding hydrogens is 391 g/mol. The van der Waals surface area contributed by atoms with Gasteiger partial charge in [-0.3, -0.25) is 0 Å². The number of alkyl halides is 3. The first kappa shape index (κ1) is 20.3. The van der Waals surface area contributed by atoms with Crippen LogP contribution >= 0.6 is 0 Å². The lowest BCUT2D eigenvalue weighted by molar-refractivity contribution is -0.137. The second-order valence-corrected chi connectivity index (χ2v) is 8.06. The van der Waals surface area contributed by atoms with Crippen LogP contribution in [0.2, 0.25) is 0 Å². The number of halogens is 3. The summed E-state index contributed by atoms with van der Waals surface area (Å²) in [5.74, 6) is 0. The summed E-state index contributed by atoms with van der Waals surface area (Å²) in [6, 6.07) is 16.5. The van der Waals surface area contributed by atoms with Crippen LogP contribution in [0.4, 0.5) is 13.2 Å². The Morgan fingerprint density at radius 1 is 0.964 bits per heavy atom. The third kappa shape index (κ3) is 4.52. The fourth-order valence-corrected chi connectivity index (χ4v) is 4.04. The quantitative estimate of drug-likeness (QED) is 0.639. The van der Waals surface area contributed by atoms with Gasteiger partial charge in [-0.25, -0.2) is 13.1 Å². The summed E-state index contributed by atoms with van der Waals surface area (Å²) in [6.07, 6.45) is -5.47. The molecule has 8 heteroatoms. The normalized spacial score (nSPS) is 13.6. The van der Waals surface area contributed by atoms with Crippen LogP contribution in [0.1, 0.15) is 23.7 Å². The van der Waals surface area contributed by atoms with Crippen molar-refractivity contribution in [2.75, 3.05) is 6.54 Å². The Hall–Kier alpha value is -2.42. The fraction of sp³-hybridized carbons (Fsp3) is 0.200. The summed E-state index contributed by atoms with van der Waals surface area (Å²) in [7, 11) is -4.12. The van der Waals surface area contributed by atoms with E-state index in [1.807, 2.05) is 30.3 Å². The minimum Gasteiger partial charge on any atom is -0.388 e. The molecule has 0 radical (unpaired) electrons. The van der Waals surface area contributed by atoms with Crippen molar-refractivity contribution >= 4 is 20.8 Å². The molecule has 1 atom stereocenters. The van der Waals surface area contributed by atoms with Gasteiger partial charge < -0.3 is 5.11 Å². The SMILES string of the molecule is O=S(=O)(NCCC(O)c1cccc2ccccc12)c1cccc(C(F)(F)F)c1. The number of fused-ring (bicyclic) bond motifs is 1. The summed E-state index contributed by atoms with van der Waals surface area (Å²) in [5, 5.41) is 12.3. The topological polar surface area (TPSA) is 66.4 Å². The number of sulfonamides is 1. The van der Waals surface area contributed by atoms with Gasteiger partial charge >= 0.3 is 6.18 Å². The molecule has 3 aromatic rings. The zero-order valence-corrected chi connectivity index (χ0v) is 15.5. The molecule has 4 nitrogen and oxygen atoms in total. The number of benzene rings is 3. The van der Waals surface area contributed by atoms with Gasteiger partial charge in [-0.15, -0.1) is 0 Å². The summed E-state index contributed by atoms with van der Waals surface area (Å²) < 4.78 is 65.2. The second-order valence-electron chi connectivity index (χ2n) is 6.30. The lowest BCUT2D eigenvalue weighted by atomic mass is 9.99. The van der Waals surface area contributed by atoms with Gasteiger partial charge in [-0.2, -0.15) is 13.2 Å². The van der Waals surface area contributed by atoms with Gasteiger partial charge in [0.2, 0.25) is 10.0 Å². The molecule has 0 aromatic heterocycles. The zero-order valence-electron chi connectivity index (χ0n) is 14.6. The van der Waals surface area contributed by atoms with Gasteiger partial charge in [0.15, 0.2) is 0 Å². The van der Waals surface area contributed by atoms with E-state index in [0.717, 1.165) is 29.0 Å². The van der Waals surface area contributed by atoms with Crippen molar-refractivity contribution in [3.63, 3.8) is 0 Å².